The number of nitrogens with two attached hydrogens (primary N) is 1. The molecule has 0 fully saturated rings. The SMILES string of the molecule is CC(C)(C)C(C=CCOC(N)=O)n1ccnc1. The number of hydrogen-bond donors (Lipinski definition) is 1. The van der Waals surface area contributed by atoms with Crippen LogP contribution in [0.2, 0.25) is 0 Å². The Morgan fingerprint density at radius 1 is 1.59 bits per heavy atom. The molecular formula is C12H19N3O2. The molecule has 1 aromatic heterocycles. The molecule has 0 spiro atoms. The molecule has 1 amide bonds. The first-order valence-electron chi connectivity index (χ1n) is 5.47. The van der Waals surface area contributed by atoms with Gasteiger partial charge in [-0.1, -0.05) is 26.8 Å². The zero-order valence-corrected chi connectivity index (χ0v) is 10.5. The predicted octanol–water partition coefficient (Wildman–Crippen LogP) is 2.12. The van der Waals surface area contributed by atoms with Crippen molar-refractivity contribution in [2.75, 3.05) is 6.61 Å². The number of amides is 1. The first kappa shape index (κ1) is 13.3. The molecule has 0 aliphatic carbocycles. The molecule has 0 bridgehead atoms. The fourth-order valence-electron chi connectivity index (χ4n) is 1.58. The first-order chi connectivity index (χ1) is 7.91. The molecule has 2 N–H and O–H groups in total. The molecular weight excluding hydrogens is 218 g/mol. The molecule has 1 heterocycles. The molecule has 5 heteroatoms. The van der Waals surface area contributed by atoms with Gasteiger partial charge in [0.1, 0.15) is 6.61 Å². The van der Waals surface area contributed by atoms with E-state index in [0.29, 0.717) is 0 Å². The van der Waals surface area contributed by atoms with Crippen LogP contribution in [0.15, 0.2) is 30.9 Å². The summed E-state index contributed by atoms with van der Waals surface area (Å²) in [5, 5.41) is 0. The minimum Gasteiger partial charge on any atom is -0.445 e. The highest BCUT2D eigenvalue weighted by Gasteiger charge is 2.23. The van der Waals surface area contributed by atoms with Crippen LogP contribution in [0.3, 0.4) is 0 Å². The van der Waals surface area contributed by atoms with Crippen LogP contribution in [-0.2, 0) is 4.74 Å². The van der Waals surface area contributed by atoms with E-state index >= 15 is 0 Å². The van der Waals surface area contributed by atoms with Crippen molar-refractivity contribution in [2.24, 2.45) is 11.1 Å². The van der Waals surface area contributed by atoms with Gasteiger partial charge < -0.3 is 15.0 Å². The second kappa shape index (κ2) is 5.52. The highest BCUT2D eigenvalue weighted by molar-refractivity contribution is 5.64. The van der Waals surface area contributed by atoms with Gasteiger partial charge >= 0.3 is 6.09 Å². The van der Waals surface area contributed by atoms with Crippen molar-refractivity contribution in [1.82, 2.24) is 9.55 Å². The smallest absolute Gasteiger partial charge is 0.404 e. The maximum absolute atomic E-state index is 10.4. The van der Waals surface area contributed by atoms with Crippen LogP contribution >= 0.6 is 0 Å². The summed E-state index contributed by atoms with van der Waals surface area (Å²) in [6.07, 6.45) is 8.45. The highest BCUT2D eigenvalue weighted by atomic mass is 16.5. The Morgan fingerprint density at radius 3 is 2.76 bits per heavy atom. The van der Waals surface area contributed by atoms with Crippen LogP contribution in [0.1, 0.15) is 26.8 Å². The number of hydrogen-bond acceptors (Lipinski definition) is 3. The number of allylic oxidation sites excluding steroid dienone is 1. The minimum atomic E-state index is -0.760. The van der Waals surface area contributed by atoms with Crippen LogP contribution < -0.4 is 5.73 Å². The van der Waals surface area contributed by atoms with E-state index in [9.17, 15) is 4.79 Å². The van der Waals surface area contributed by atoms with Crippen molar-refractivity contribution < 1.29 is 9.53 Å². The number of carbonyl (C=O) groups is 1. The van der Waals surface area contributed by atoms with Crippen LogP contribution in [0.25, 0.3) is 0 Å². The fraction of sp³-hybridized carbons (Fsp3) is 0.500. The van der Waals surface area contributed by atoms with Crippen molar-refractivity contribution in [2.45, 2.75) is 26.8 Å². The van der Waals surface area contributed by atoms with Crippen LogP contribution in [0, 0.1) is 5.41 Å². The Hall–Kier alpha value is -1.78. The van der Waals surface area contributed by atoms with Crippen molar-refractivity contribution in [3.05, 3.63) is 30.9 Å². The summed E-state index contributed by atoms with van der Waals surface area (Å²) in [7, 11) is 0. The van der Waals surface area contributed by atoms with Crippen LogP contribution in [0.4, 0.5) is 4.79 Å². The average molecular weight is 237 g/mol. The standard InChI is InChI=1S/C12H19N3O2/c1-12(2,3)10(15-7-6-14-9-15)5-4-8-17-11(13)16/h4-7,9-10H,8H2,1-3H3,(H2,13,16). The van der Waals surface area contributed by atoms with Gasteiger partial charge in [0, 0.05) is 12.4 Å². The third-order valence-electron chi connectivity index (χ3n) is 2.37. The summed E-state index contributed by atoms with van der Waals surface area (Å²) in [6.45, 7) is 6.60. The largest absolute Gasteiger partial charge is 0.445 e. The lowest BCUT2D eigenvalue weighted by Gasteiger charge is -2.29. The second-order valence-corrected chi connectivity index (χ2v) is 4.88. The van der Waals surface area contributed by atoms with Gasteiger partial charge in [-0.15, -0.1) is 0 Å². The number of nitrogens with zero attached hydrogens (tertiary/aromatic N) is 2. The monoisotopic (exact) mass is 237 g/mol. The third-order valence-corrected chi connectivity index (χ3v) is 2.37. The van der Waals surface area contributed by atoms with Gasteiger partial charge in [-0.3, -0.25) is 0 Å². The van der Waals surface area contributed by atoms with E-state index in [1.165, 1.54) is 0 Å². The van der Waals surface area contributed by atoms with Gasteiger partial charge in [-0.05, 0) is 11.5 Å². The summed E-state index contributed by atoms with van der Waals surface area (Å²) >= 11 is 0. The Morgan fingerprint density at radius 2 is 2.29 bits per heavy atom. The predicted molar refractivity (Wildman–Crippen MR) is 65.4 cm³/mol. The Kier molecular flexibility index (Phi) is 4.31. The molecule has 1 atom stereocenters. The lowest BCUT2D eigenvalue weighted by molar-refractivity contribution is 0.169. The molecule has 17 heavy (non-hydrogen) atoms. The number of ether oxygens (including phenoxy) is 1. The van der Waals surface area contributed by atoms with E-state index in [2.05, 4.69) is 30.5 Å². The van der Waals surface area contributed by atoms with Gasteiger partial charge in [0.25, 0.3) is 0 Å². The molecule has 0 saturated carbocycles. The van der Waals surface area contributed by atoms with Crippen molar-refractivity contribution in [3.63, 3.8) is 0 Å². The zero-order valence-electron chi connectivity index (χ0n) is 10.5. The maximum Gasteiger partial charge on any atom is 0.404 e. The summed E-state index contributed by atoms with van der Waals surface area (Å²) < 4.78 is 6.66. The maximum atomic E-state index is 10.4. The van der Waals surface area contributed by atoms with E-state index in [1.54, 1.807) is 18.6 Å². The van der Waals surface area contributed by atoms with E-state index in [1.807, 2.05) is 16.8 Å². The summed E-state index contributed by atoms with van der Waals surface area (Å²) in [6, 6.07) is 0.154. The lowest BCUT2D eigenvalue weighted by Crippen LogP contribution is -2.22. The molecule has 0 saturated heterocycles. The molecule has 0 aliphatic heterocycles. The summed E-state index contributed by atoms with van der Waals surface area (Å²) in [4.78, 5) is 14.5. The summed E-state index contributed by atoms with van der Waals surface area (Å²) in [5.74, 6) is 0. The van der Waals surface area contributed by atoms with Crippen LogP contribution in [0.5, 0.6) is 0 Å². The number of carbonyl (C=O) groups excluding carboxylic acids is 1. The quantitative estimate of drug-likeness (QED) is 0.815. The topological polar surface area (TPSA) is 70.1 Å². The molecule has 1 unspecified atom stereocenters. The second-order valence-electron chi connectivity index (χ2n) is 4.88. The third kappa shape index (κ3) is 4.30. The molecule has 1 rings (SSSR count). The molecule has 1 aromatic rings. The van der Waals surface area contributed by atoms with Crippen molar-refractivity contribution >= 4 is 6.09 Å². The summed E-state index contributed by atoms with van der Waals surface area (Å²) in [5.41, 5.74) is 4.93. The normalized spacial score (nSPS) is 13.8. The minimum absolute atomic E-state index is 0.0456. The van der Waals surface area contributed by atoms with Crippen LogP contribution in [-0.4, -0.2) is 22.3 Å². The highest BCUT2D eigenvalue weighted by Crippen LogP contribution is 2.31. The van der Waals surface area contributed by atoms with E-state index < -0.39 is 6.09 Å². The van der Waals surface area contributed by atoms with Gasteiger partial charge in [-0.25, -0.2) is 9.78 Å². The van der Waals surface area contributed by atoms with E-state index in [0.717, 1.165) is 0 Å². The van der Waals surface area contributed by atoms with Crippen molar-refractivity contribution in [3.8, 4) is 0 Å². The lowest BCUT2D eigenvalue weighted by atomic mass is 9.86. The number of rotatable bonds is 4. The van der Waals surface area contributed by atoms with Crippen molar-refractivity contribution in [1.29, 1.82) is 0 Å². The first-order valence-corrected chi connectivity index (χ1v) is 5.47. The molecule has 0 radical (unpaired) electrons. The molecule has 5 nitrogen and oxygen atoms in total. The Labute approximate surface area is 101 Å². The Balaban J connectivity index is 2.69. The average Bonchev–Trinajstić information content (AvgIpc) is 2.67. The van der Waals surface area contributed by atoms with E-state index in [-0.39, 0.29) is 18.1 Å². The zero-order chi connectivity index (χ0) is 12.9. The van der Waals surface area contributed by atoms with Gasteiger partial charge in [-0.2, -0.15) is 0 Å². The number of aromatic nitrogens is 2. The fourth-order valence-corrected chi connectivity index (χ4v) is 1.58. The number of primary amides is 1. The van der Waals surface area contributed by atoms with E-state index in [4.69, 9.17) is 5.73 Å². The van der Waals surface area contributed by atoms with Gasteiger partial charge in [0.05, 0.1) is 12.4 Å². The molecule has 94 valence electrons. The van der Waals surface area contributed by atoms with Gasteiger partial charge in [0.2, 0.25) is 0 Å². The number of imidazole rings is 1. The Bertz CT molecular complexity index is 377. The molecule has 0 aliphatic rings. The van der Waals surface area contributed by atoms with Gasteiger partial charge in [0.15, 0.2) is 0 Å². The molecule has 0 aromatic carbocycles.